The molecule has 0 saturated heterocycles. The maximum atomic E-state index is 12.3. The van der Waals surface area contributed by atoms with E-state index in [9.17, 15) is 13.2 Å². The molecule has 0 radical (unpaired) electrons. The van der Waals surface area contributed by atoms with E-state index in [0.717, 1.165) is 8.28 Å². The van der Waals surface area contributed by atoms with Gasteiger partial charge in [-0.3, -0.25) is 9.78 Å². The molecule has 0 bridgehead atoms. The Bertz CT molecular complexity index is 755. The highest BCUT2D eigenvalue weighted by atomic mass is 32.2. The average molecular weight is 324 g/mol. The number of rotatable bonds is 5. The lowest BCUT2D eigenvalue weighted by molar-refractivity contribution is -0.145. The van der Waals surface area contributed by atoms with Gasteiger partial charge in [-0.25, -0.2) is 8.96 Å². The minimum Gasteiger partial charge on any atom is -0.448 e. The SMILES string of the molecule is CC(=O)OC(c1ccccn1)c1nccn1S(=O)(=O)N(C)C. The minimum absolute atomic E-state index is 0.0580. The number of carbonyl (C=O) groups is 1. The predicted octanol–water partition coefficient (Wildman–Crippen LogP) is 0.585. The van der Waals surface area contributed by atoms with Crippen molar-refractivity contribution in [3.05, 3.63) is 48.3 Å². The second kappa shape index (κ2) is 6.24. The third kappa shape index (κ3) is 3.15. The molecule has 0 aromatic carbocycles. The largest absolute Gasteiger partial charge is 0.448 e. The Morgan fingerprint density at radius 1 is 1.27 bits per heavy atom. The fourth-order valence-corrected chi connectivity index (χ4v) is 2.74. The number of ether oxygens (including phenoxy) is 1. The number of imidazole rings is 1. The lowest BCUT2D eigenvalue weighted by Gasteiger charge is -2.19. The monoisotopic (exact) mass is 324 g/mol. The summed E-state index contributed by atoms with van der Waals surface area (Å²) in [5.41, 5.74) is 0.388. The topological polar surface area (TPSA) is 94.4 Å². The molecular weight excluding hydrogens is 308 g/mol. The van der Waals surface area contributed by atoms with Crippen LogP contribution >= 0.6 is 0 Å². The van der Waals surface area contributed by atoms with Crippen LogP contribution in [0.25, 0.3) is 0 Å². The van der Waals surface area contributed by atoms with Crippen LogP contribution in [0.5, 0.6) is 0 Å². The first-order chi connectivity index (χ1) is 10.3. The van der Waals surface area contributed by atoms with Crippen LogP contribution in [0.1, 0.15) is 24.5 Å². The zero-order valence-electron chi connectivity index (χ0n) is 12.4. The summed E-state index contributed by atoms with van der Waals surface area (Å²) < 4.78 is 31.9. The van der Waals surface area contributed by atoms with E-state index in [1.807, 2.05) is 0 Å². The van der Waals surface area contributed by atoms with Crippen molar-refractivity contribution in [3.8, 4) is 0 Å². The van der Waals surface area contributed by atoms with Crippen molar-refractivity contribution in [2.45, 2.75) is 13.0 Å². The molecule has 0 aliphatic rings. The van der Waals surface area contributed by atoms with Crippen LogP contribution in [0, 0.1) is 0 Å². The summed E-state index contributed by atoms with van der Waals surface area (Å²) in [5, 5.41) is 0. The summed E-state index contributed by atoms with van der Waals surface area (Å²) in [5.74, 6) is -0.505. The number of nitrogens with zero attached hydrogens (tertiary/aromatic N) is 4. The number of aromatic nitrogens is 3. The van der Waals surface area contributed by atoms with E-state index in [2.05, 4.69) is 9.97 Å². The van der Waals surface area contributed by atoms with Crippen molar-refractivity contribution in [2.24, 2.45) is 0 Å². The molecule has 2 aromatic heterocycles. The van der Waals surface area contributed by atoms with Crippen molar-refractivity contribution >= 4 is 16.2 Å². The molecule has 1 atom stereocenters. The molecule has 0 N–H and O–H groups in total. The molecule has 0 saturated carbocycles. The molecular formula is C13H16N4O4S. The summed E-state index contributed by atoms with van der Waals surface area (Å²) in [6.45, 7) is 1.24. The normalized spacial score (nSPS) is 13.1. The Labute approximate surface area is 128 Å². The van der Waals surface area contributed by atoms with Crippen LogP contribution in [-0.2, 0) is 19.7 Å². The smallest absolute Gasteiger partial charge is 0.308 e. The maximum Gasteiger partial charge on any atom is 0.308 e. The number of esters is 1. The summed E-state index contributed by atoms with van der Waals surface area (Å²) >= 11 is 0. The highest BCUT2D eigenvalue weighted by molar-refractivity contribution is 7.87. The van der Waals surface area contributed by atoms with Gasteiger partial charge >= 0.3 is 16.2 Å². The number of hydrogen-bond donors (Lipinski definition) is 0. The van der Waals surface area contributed by atoms with Crippen LogP contribution in [0.15, 0.2) is 36.8 Å². The molecule has 0 amide bonds. The Kier molecular flexibility index (Phi) is 4.57. The van der Waals surface area contributed by atoms with Crippen molar-refractivity contribution in [2.75, 3.05) is 14.1 Å². The van der Waals surface area contributed by atoms with Crippen molar-refractivity contribution in [1.29, 1.82) is 0 Å². The van der Waals surface area contributed by atoms with E-state index in [0.29, 0.717) is 5.69 Å². The van der Waals surface area contributed by atoms with Crippen molar-refractivity contribution in [1.82, 2.24) is 18.2 Å². The molecule has 0 aliphatic heterocycles. The van der Waals surface area contributed by atoms with Gasteiger partial charge in [0.25, 0.3) is 0 Å². The zero-order valence-corrected chi connectivity index (χ0v) is 13.2. The van der Waals surface area contributed by atoms with E-state index in [4.69, 9.17) is 4.74 Å². The fraction of sp³-hybridized carbons (Fsp3) is 0.308. The number of carbonyl (C=O) groups excluding carboxylic acids is 1. The van der Waals surface area contributed by atoms with Crippen LogP contribution in [0.3, 0.4) is 0 Å². The fourth-order valence-electron chi connectivity index (χ4n) is 1.80. The van der Waals surface area contributed by atoms with E-state index >= 15 is 0 Å². The summed E-state index contributed by atoms with van der Waals surface area (Å²) in [6, 6.07) is 5.05. The van der Waals surface area contributed by atoms with Gasteiger partial charge in [0.1, 0.15) is 0 Å². The van der Waals surface area contributed by atoms with E-state index in [1.165, 1.54) is 39.6 Å². The first-order valence-corrected chi connectivity index (χ1v) is 7.78. The van der Waals surface area contributed by atoms with Crippen LogP contribution in [-0.4, -0.2) is 46.7 Å². The number of hydrogen-bond acceptors (Lipinski definition) is 6. The van der Waals surface area contributed by atoms with Crippen LogP contribution in [0.4, 0.5) is 0 Å². The van der Waals surface area contributed by atoms with Gasteiger partial charge in [-0.2, -0.15) is 12.7 Å². The average Bonchev–Trinajstić information content (AvgIpc) is 2.95. The van der Waals surface area contributed by atoms with E-state index in [1.54, 1.807) is 18.2 Å². The Balaban J connectivity index is 2.56. The minimum atomic E-state index is -3.78. The highest BCUT2D eigenvalue weighted by Crippen LogP contribution is 2.24. The van der Waals surface area contributed by atoms with Gasteiger partial charge in [0.05, 0.1) is 5.69 Å². The summed E-state index contributed by atoms with van der Waals surface area (Å²) in [7, 11) is -0.978. The van der Waals surface area contributed by atoms with Gasteiger partial charge in [0.2, 0.25) is 6.10 Å². The summed E-state index contributed by atoms with van der Waals surface area (Å²) in [4.78, 5) is 19.5. The van der Waals surface area contributed by atoms with Crippen LogP contribution in [0.2, 0.25) is 0 Å². The molecule has 9 heteroatoms. The standard InChI is InChI=1S/C13H16N4O4S/c1-10(18)21-12(11-6-4-5-7-14-11)13-15-8-9-17(13)22(19,20)16(2)3/h4-9,12H,1-3H3. The molecule has 1 unspecified atom stereocenters. The lowest BCUT2D eigenvalue weighted by Crippen LogP contribution is -2.31. The van der Waals surface area contributed by atoms with Gasteiger partial charge in [-0.1, -0.05) is 6.07 Å². The summed E-state index contributed by atoms with van der Waals surface area (Å²) in [6.07, 6.45) is 3.14. The first-order valence-electron chi connectivity index (χ1n) is 6.38. The molecule has 2 heterocycles. The molecule has 0 fully saturated rings. The van der Waals surface area contributed by atoms with Gasteiger partial charge in [-0.15, -0.1) is 0 Å². The van der Waals surface area contributed by atoms with Crippen LogP contribution < -0.4 is 0 Å². The Hall–Kier alpha value is -2.26. The van der Waals surface area contributed by atoms with Gasteiger partial charge in [-0.05, 0) is 12.1 Å². The quantitative estimate of drug-likeness (QED) is 0.747. The van der Waals surface area contributed by atoms with E-state index < -0.39 is 22.3 Å². The highest BCUT2D eigenvalue weighted by Gasteiger charge is 2.29. The zero-order chi connectivity index (χ0) is 16.3. The number of pyridine rings is 1. The molecule has 118 valence electrons. The second-order valence-electron chi connectivity index (χ2n) is 4.62. The Morgan fingerprint density at radius 2 is 2.00 bits per heavy atom. The molecule has 2 rings (SSSR count). The van der Waals surface area contributed by atoms with Crippen molar-refractivity contribution in [3.63, 3.8) is 0 Å². The van der Waals surface area contributed by atoms with Crippen molar-refractivity contribution < 1.29 is 17.9 Å². The molecule has 2 aromatic rings. The van der Waals surface area contributed by atoms with E-state index in [-0.39, 0.29) is 5.82 Å². The Morgan fingerprint density at radius 3 is 2.55 bits per heavy atom. The molecule has 8 nitrogen and oxygen atoms in total. The maximum absolute atomic E-state index is 12.3. The molecule has 22 heavy (non-hydrogen) atoms. The molecule has 0 spiro atoms. The second-order valence-corrected chi connectivity index (χ2v) is 6.63. The third-order valence-electron chi connectivity index (χ3n) is 2.82. The predicted molar refractivity (Wildman–Crippen MR) is 78.1 cm³/mol. The van der Waals surface area contributed by atoms with Gasteiger partial charge in [0, 0.05) is 39.6 Å². The lowest BCUT2D eigenvalue weighted by atomic mass is 10.2. The van der Waals surface area contributed by atoms with Gasteiger partial charge < -0.3 is 4.74 Å². The first kappa shape index (κ1) is 16.1. The third-order valence-corrected chi connectivity index (χ3v) is 4.55. The van der Waals surface area contributed by atoms with Gasteiger partial charge in [0.15, 0.2) is 5.82 Å². The molecule has 0 aliphatic carbocycles.